The molecule has 0 spiro atoms. The Balaban J connectivity index is 0.00000196. The Bertz CT molecular complexity index is 755. The lowest BCUT2D eigenvalue weighted by Crippen LogP contribution is -2.33. The number of terminal acetylenes is 1. The Kier molecular flexibility index (Phi) is 5.57. The average molecular weight is 380 g/mol. The number of aryl methyl sites for hydroxylation is 1. The van der Waals surface area contributed by atoms with Gasteiger partial charge in [0, 0.05) is 33.7 Å². The summed E-state index contributed by atoms with van der Waals surface area (Å²) < 4.78 is 0. The SMILES string of the molecule is C.C#CNC1CCc2sc(NC(=O)C3CC3)c(C(=O)NCC3CC3)c2C1.[HH].[HH].[HH]. The van der Waals surface area contributed by atoms with E-state index in [4.69, 9.17) is 6.42 Å². The molecule has 0 aromatic carbocycles. The van der Waals surface area contributed by atoms with Crippen molar-refractivity contribution < 1.29 is 13.9 Å². The first-order valence-corrected chi connectivity index (χ1v) is 9.92. The van der Waals surface area contributed by atoms with Gasteiger partial charge in [0.1, 0.15) is 5.00 Å². The Hall–Kier alpha value is -2.00. The second-order valence-electron chi connectivity index (χ2n) is 7.35. The Morgan fingerprint density at radius 3 is 2.65 bits per heavy atom. The van der Waals surface area contributed by atoms with Gasteiger partial charge < -0.3 is 16.0 Å². The van der Waals surface area contributed by atoms with E-state index in [1.165, 1.54) is 17.7 Å². The van der Waals surface area contributed by atoms with E-state index in [1.807, 2.05) is 0 Å². The van der Waals surface area contributed by atoms with Gasteiger partial charge >= 0.3 is 0 Å². The molecule has 26 heavy (non-hydrogen) atoms. The first-order chi connectivity index (χ1) is 12.2. The predicted octanol–water partition coefficient (Wildman–Crippen LogP) is 3.65. The molecular formula is C20H33N3O2S. The standard InChI is InChI=1S/C19H23N3O2S.CH4.3H2/c1-2-20-13-7-8-15-14(9-13)16(18(24)21-10-11-3-4-11)19(25-15)22-17(23)12-5-6-12;;;;/h1,11-13,20H,3-10H2,(H,21,24)(H,22,23);1H4;3*1H. The average Bonchev–Trinajstić information content (AvgIpc) is 3.49. The highest BCUT2D eigenvalue weighted by molar-refractivity contribution is 7.17. The highest BCUT2D eigenvalue weighted by Gasteiger charge is 2.34. The third-order valence-electron chi connectivity index (χ3n) is 5.21. The summed E-state index contributed by atoms with van der Waals surface area (Å²) in [6.07, 6.45) is 12.3. The van der Waals surface area contributed by atoms with Gasteiger partial charge in [-0.25, -0.2) is 0 Å². The summed E-state index contributed by atoms with van der Waals surface area (Å²) in [5.74, 6) is 0.737. The van der Waals surface area contributed by atoms with Crippen molar-refractivity contribution >= 4 is 28.2 Å². The molecule has 3 aliphatic rings. The molecule has 1 atom stereocenters. The first kappa shape index (κ1) is 18.8. The van der Waals surface area contributed by atoms with Crippen molar-refractivity contribution in [3.8, 4) is 12.5 Å². The molecule has 0 aliphatic heterocycles. The van der Waals surface area contributed by atoms with Crippen LogP contribution < -0.4 is 16.0 Å². The zero-order chi connectivity index (χ0) is 17.4. The monoisotopic (exact) mass is 379 g/mol. The third-order valence-corrected chi connectivity index (χ3v) is 6.42. The second kappa shape index (κ2) is 7.71. The molecule has 1 heterocycles. The maximum absolute atomic E-state index is 12.8. The van der Waals surface area contributed by atoms with Crippen LogP contribution in [0.3, 0.4) is 0 Å². The number of carbonyl (C=O) groups excluding carboxylic acids is 2. The topological polar surface area (TPSA) is 70.2 Å². The van der Waals surface area contributed by atoms with Crippen molar-refractivity contribution in [1.29, 1.82) is 0 Å². The second-order valence-corrected chi connectivity index (χ2v) is 8.46. The molecule has 1 aromatic rings. The summed E-state index contributed by atoms with van der Waals surface area (Å²) >= 11 is 1.56. The normalized spacial score (nSPS) is 21.0. The Morgan fingerprint density at radius 2 is 2.00 bits per heavy atom. The molecule has 5 nitrogen and oxygen atoms in total. The van der Waals surface area contributed by atoms with E-state index in [-0.39, 0.29) is 35.5 Å². The summed E-state index contributed by atoms with van der Waals surface area (Å²) in [7, 11) is 0. The van der Waals surface area contributed by atoms with E-state index in [1.54, 1.807) is 11.3 Å². The molecule has 3 aliphatic carbocycles. The fourth-order valence-corrected chi connectivity index (χ4v) is 4.60. The van der Waals surface area contributed by atoms with Gasteiger partial charge in [-0.15, -0.1) is 11.3 Å². The molecule has 146 valence electrons. The minimum absolute atomic E-state index is 0. The van der Waals surface area contributed by atoms with E-state index < -0.39 is 0 Å². The molecule has 2 saturated carbocycles. The molecule has 2 fully saturated rings. The van der Waals surface area contributed by atoms with Crippen LogP contribution in [0.2, 0.25) is 0 Å². The predicted molar refractivity (Wildman–Crippen MR) is 112 cm³/mol. The van der Waals surface area contributed by atoms with Crippen molar-refractivity contribution in [3.05, 3.63) is 16.0 Å². The van der Waals surface area contributed by atoms with E-state index in [9.17, 15) is 9.59 Å². The lowest BCUT2D eigenvalue weighted by Gasteiger charge is -2.22. The van der Waals surface area contributed by atoms with E-state index in [2.05, 4.69) is 22.0 Å². The van der Waals surface area contributed by atoms with Crippen LogP contribution in [-0.4, -0.2) is 24.4 Å². The molecule has 0 bridgehead atoms. The van der Waals surface area contributed by atoms with E-state index in [0.29, 0.717) is 11.5 Å². The van der Waals surface area contributed by atoms with Gasteiger partial charge in [-0.1, -0.05) is 13.9 Å². The molecule has 1 aromatic heterocycles. The molecule has 4 rings (SSSR count). The lowest BCUT2D eigenvalue weighted by molar-refractivity contribution is -0.117. The Labute approximate surface area is 163 Å². The number of fused-ring (bicyclic) bond motifs is 1. The highest BCUT2D eigenvalue weighted by Crippen LogP contribution is 2.40. The molecule has 6 heteroatoms. The molecule has 0 saturated heterocycles. The van der Waals surface area contributed by atoms with Crippen molar-refractivity contribution in [2.75, 3.05) is 11.9 Å². The Morgan fingerprint density at radius 1 is 1.23 bits per heavy atom. The van der Waals surface area contributed by atoms with Crippen LogP contribution in [0, 0.1) is 24.3 Å². The van der Waals surface area contributed by atoms with Crippen LogP contribution in [0.15, 0.2) is 0 Å². The largest absolute Gasteiger partial charge is 0.352 e. The molecule has 3 N–H and O–H groups in total. The van der Waals surface area contributed by atoms with Crippen molar-refractivity contribution in [2.45, 2.75) is 58.4 Å². The van der Waals surface area contributed by atoms with Gasteiger partial charge in [-0.2, -0.15) is 0 Å². The summed E-state index contributed by atoms with van der Waals surface area (Å²) in [5, 5.41) is 9.84. The number of amides is 2. The van der Waals surface area contributed by atoms with Crippen LogP contribution in [0.1, 0.15) is 64.6 Å². The van der Waals surface area contributed by atoms with Gasteiger partial charge in [-0.05, 0) is 56.4 Å². The maximum atomic E-state index is 12.8. The van der Waals surface area contributed by atoms with Gasteiger partial charge in [0.2, 0.25) is 5.91 Å². The number of thiophene rings is 1. The molecule has 1 unspecified atom stereocenters. The highest BCUT2D eigenvalue weighted by atomic mass is 32.1. The zero-order valence-electron chi connectivity index (χ0n) is 14.2. The minimum Gasteiger partial charge on any atom is -0.352 e. The van der Waals surface area contributed by atoms with E-state index in [0.717, 1.165) is 49.2 Å². The number of carbonyl (C=O) groups is 2. The molecule has 2 amide bonds. The number of nitrogens with one attached hydrogen (secondary N) is 3. The molecular weight excluding hydrogens is 346 g/mol. The zero-order valence-corrected chi connectivity index (χ0v) is 15.0. The van der Waals surface area contributed by atoms with Gasteiger partial charge in [0.25, 0.3) is 5.91 Å². The fourth-order valence-electron chi connectivity index (χ4n) is 3.36. The van der Waals surface area contributed by atoms with Crippen LogP contribution in [0.5, 0.6) is 0 Å². The quantitative estimate of drug-likeness (QED) is 0.522. The summed E-state index contributed by atoms with van der Waals surface area (Å²) in [4.78, 5) is 26.3. The van der Waals surface area contributed by atoms with Crippen molar-refractivity contribution in [1.82, 2.24) is 10.6 Å². The van der Waals surface area contributed by atoms with Crippen LogP contribution in [0.25, 0.3) is 0 Å². The third kappa shape index (κ3) is 4.04. The van der Waals surface area contributed by atoms with Gasteiger partial charge in [0.05, 0.1) is 5.56 Å². The van der Waals surface area contributed by atoms with Gasteiger partial charge in [-0.3, -0.25) is 9.59 Å². The fraction of sp³-hybridized carbons (Fsp3) is 0.600. The smallest absolute Gasteiger partial charge is 0.254 e. The maximum Gasteiger partial charge on any atom is 0.254 e. The van der Waals surface area contributed by atoms with Crippen LogP contribution >= 0.6 is 11.3 Å². The number of rotatable bonds is 6. The summed E-state index contributed by atoms with van der Waals surface area (Å²) in [5.41, 5.74) is 1.72. The van der Waals surface area contributed by atoms with Crippen molar-refractivity contribution in [2.24, 2.45) is 11.8 Å². The summed E-state index contributed by atoms with van der Waals surface area (Å²) in [6.45, 7) is 0.728. The minimum atomic E-state index is -0.0585. The van der Waals surface area contributed by atoms with Crippen LogP contribution in [0.4, 0.5) is 5.00 Å². The van der Waals surface area contributed by atoms with Gasteiger partial charge in [0.15, 0.2) is 0 Å². The van der Waals surface area contributed by atoms with Crippen LogP contribution in [-0.2, 0) is 17.6 Å². The van der Waals surface area contributed by atoms with Crippen molar-refractivity contribution in [3.63, 3.8) is 0 Å². The summed E-state index contributed by atoms with van der Waals surface area (Å²) in [6, 6.07) is 2.70. The number of hydrogen-bond acceptors (Lipinski definition) is 4. The lowest BCUT2D eigenvalue weighted by atomic mass is 9.91. The molecule has 0 radical (unpaired) electrons. The first-order valence-electron chi connectivity index (χ1n) is 9.10. The number of hydrogen-bond donors (Lipinski definition) is 3. The number of anilines is 1. The van der Waals surface area contributed by atoms with E-state index >= 15 is 0 Å².